The number of ether oxygens (including phenoxy) is 3. The summed E-state index contributed by atoms with van der Waals surface area (Å²) in [7, 11) is 0. The second-order valence-corrected chi connectivity index (χ2v) is 6.34. The molecule has 0 aliphatic carbocycles. The number of nitrogens with zero attached hydrogens (tertiary/aromatic N) is 2. The van der Waals surface area contributed by atoms with E-state index in [0.717, 1.165) is 4.57 Å². The lowest BCUT2D eigenvalue weighted by molar-refractivity contribution is -0.155. The molecule has 2 rings (SSSR count). The number of H-pyrrole nitrogens is 1. The Bertz CT molecular complexity index is 976. The van der Waals surface area contributed by atoms with Crippen LogP contribution in [0.25, 0.3) is 0 Å². The number of nitrogens with one attached hydrogen (secondary N) is 1. The Morgan fingerprint density at radius 3 is 2.72 bits per heavy atom. The Labute approximate surface area is 166 Å². The molecule has 10 heteroatoms. The molecule has 0 amide bonds. The third-order valence-corrected chi connectivity index (χ3v) is 4.04. The van der Waals surface area contributed by atoms with Crippen LogP contribution in [0.15, 0.2) is 15.8 Å². The number of carbonyl (C=O) groups is 2. The van der Waals surface area contributed by atoms with Crippen molar-refractivity contribution in [3.8, 4) is 17.9 Å². The number of hydrogen-bond acceptors (Lipinski definition) is 8. The van der Waals surface area contributed by atoms with Gasteiger partial charge in [-0.25, -0.2) is 4.79 Å². The average molecular weight is 403 g/mol. The summed E-state index contributed by atoms with van der Waals surface area (Å²) in [5.74, 6) is 4.41. The van der Waals surface area contributed by atoms with E-state index >= 15 is 0 Å². The number of unbranched alkanes of at least 4 members (excludes halogenated alkanes) is 2. The van der Waals surface area contributed by atoms with Gasteiger partial charge in [-0.2, -0.15) is 5.26 Å². The lowest BCUT2D eigenvalue weighted by atomic mass is 10.2. The highest BCUT2D eigenvalue weighted by Crippen LogP contribution is 2.30. The van der Waals surface area contributed by atoms with Crippen LogP contribution in [0.1, 0.15) is 51.3 Å². The lowest BCUT2D eigenvalue weighted by Gasteiger charge is -2.17. The van der Waals surface area contributed by atoms with Crippen molar-refractivity contribution in [1.29, 1.82) is 5.26 Å². The number of carbonyl (C=O) groups excluding carboxylic acids is 2. The van der Waals surface area contributed by atoms with Gasteiger partial charge in [0.05, 0.1) is 6.07 Å². The summed E-state index contributed by atoms with van der Waals surface area (Å²) < 4.78 is 17.0. The molecule has 1 N–H and O–H groups in total. The van der Waals surface area contributed by atoms with Crippen LogP contribution in [0.3, 0.4) is 0 Å². The maximum absolute atomic E-state index is 12.2. The molecule has 1 aliphatic heterocycles. The number of rotatable bonds is 6. The van der Waals surface area contributed by atoms with E-state index in [-0.39, 0.29) is 18.6 Å². The van der Waals surface area contributed by atoms with Gasteiger partial charge in [0.1, 0.15) is 30.6 Å². The van der Waals surface area contributed by atoms with Crippen molar-refractivity contribution in [2.75, 3.05) is 6.61 Å². The van der Waals surface area contributed by atoms with E-state index < -0.39 is 41.6 Å². The summed E-state index contributed by atoms with van der Waals surface area (Å²) >= 11 is 0. The molecule has 1 saturated heterocycles. The quantitative estimate of drug-likeness (QED) is 0.408. The predicted octanol–water partition coefficient (Wildman–Crippen LogP) is 0.364. The molecule has 3 atom stereocenters. The number of nitriles is 1. The van der Waals surface area contributed by atoms with E-state index in [1.54, 1.807) is 0 Å². The first-order valence-electron chi connectivity index (χ1n) is 8.99. The van der Waals surface area contributed by atoms with E-state index in [9.17, 15) is 19.2 Å². The third-order valence-electron chi connectivity index (χ3n) is 4.04. The molecule has 1 aromatic rings. The Hall–Kier alpha value is -3.37. The van der Waals surface area contributed by atoms with E-state index in [1.165, 1.54) is 20.0 Å². The second-order valence-electron chi connectivity index (χ2n) is 6.34. The van der Waals surface area contributed by atoms with Crippen LogP contribution in [0.5, 0.6) is 0 Å². The smallest absolute Gasteiger partial charge is 0.330 e. The molecule has 10 nitrogen and oxygen atoms in total. The zero-order valence-electron chi connectivity index (χ0n) is 16.1. The summed E-state index contributed by atoms with van der Waals surface area (Å²) in [6, 6.07) is 2.01. The van der Waals surface area contributed by atoms with Gasteiger partial charge in [0, 0.05) is 39.3 Å². The van der Waals surface area contributed by atoms with Crippen molar-refractivity contribution in [2.45, 2.75) is 58.0 Å². The van der Waals surface area contributed by atoms with Crippen LogP contribution >= 0.6 is 0 Å². The van der Waals surface area contributed by atoms with Gasteiger partial charge in [-0.05, 0) is 6.42 Å². The first kappa shape index (κ1) is 21.9. The van der Waals surface area contributed by atoms with Gasteiger partial charge in [0.15, 0.2) is 0 Å². The predicted molar refractivity (Wildman–Crippen MR) is 98.4 cm³/mol. The van der Waals surface area contributed by atoms with Crippen LogP contribution in [0.2, 0.25) is 0 Å². The average Bonchev–Trinajstić information content (AvgIpc) is 3.03. The maximum atomic E-state index is 12.2. The van der Waals surface area contributed by atoms with Crippen LogP contribution in [0.4, 0.5) is 0 Å². The van der Waals surface area contributed by atoms with E-state index in [1.807, 2.05) is 6.07 Å². The molecule has 0 saturated carbocycles. The van der Waals surface area contributed by atoms with Gasteiger partial charge in [-0.15, -0.1) is 0 Å². The summed E-state index contributed by atoms with van der Waals surface area (Å²) in [6.45, 7) is 2.33. The van der Waals surface area contributed by atoms with Crippen molar-refractivity contribution in [1.82, 2.24) is 9.55 Å². The second kappa shape index (κ2) is 10.2. The fraction of sp³-hybridized carbons (Fsp3) is 0.526. The van der Waals surface area contributed by atoms with Crippen LogP contribution in [-0.2, 0) is 23.8 Å². The number of aromatic nitrogens is 2. The lowest BCUT2D eigenvalue weighted by Crippen LogP contribution is -2.34. The van der Waals surface area contributed by atoms with E-state index in [2.05, 4.69) is 16.8 Å². The molecule has 0 aromatic carbocycles. The molecule has 0 radical (unpaired) electrons. The van der Waals surface area contributed by atoms with Gasteiger partial charge in [-0.3, -0.25) is 23.9 Å². The summed E-state index contributed by atoms with van der Waals surface area (Å²) in [5.41, 5.74) is -1.27. The van der Waals surface area contributed by atoms with Crippen molar-refractivity contribution >= 4 is 11.9 Å². The Morgan fingerprint density at radius 1 is 1.31 bits per heavy atom. The highest BCUT2D eigenvalue weighted by atomic mass is 16.6. The fourth-order valence-corrected chi connectivity index (χ4v) is 2.76. The van der Waals surface area contributed by atoms with Crippen LogP contribution in [0, 0.1) is 23.2 Å². The zero-order valence-corrected chi connectivity index (χ0v) is 16.1. The highest BCUT2D eigenvalue weighted by molar-refractivity contribution is 5.66. The minimum absolute atomic E-state index is 0.0672. The van der Waals surface area contributed by atoms with Gasteiger partial charge < -0.3 is 14.2 Å². The number of aromatic amines is 1. The van der Waals surface area contributed by atoms with Crippen molar-refractivity contribution in [3.63, 3.8) is 0 Å². The number of hydrogen-bond donors (Lipinski definition) is 1. The minimum Gasteiger partial charge on any atom is -0.463 e. The fourth-order valence-electron chi connectivity index (χ4n) is 2.76. The molecular formula is C19H21N3O7. The molecular weight excluding hydrogens is 382 g/mol. The standard InChI is InChI=1S/C19H21N3O7/c1-12(23)27-11-16-15(28-13(2)24)9-17(29-16)22-10-14(18(25)21-19(22)26)7-5-3-4-6-8-20/h10,15-17H,3-4,6,9,11H2,1-2H3,(H,21,25,26). The van der Waals surface area contributed by atoms with Crippen molar-refractivity contribution < 1.29 is 23.8 Å². The molecule has 2 heterocycles. The van der Waals surface area contributed by atoms with Gasteiger partial charge in [0.2, 0.25) is 0 Å². The van der Waals surface area contributed by atoms with Gasteiger partial charge in [-0.1, -0.05) is 11.8 Å². The van der Waals surface area contributed by atoms with E-state index in [0.29, 0.717) is 19.3 Å². The molecule has 1 aliphatic rings. The zero-order chi connectivity index (χ0) is 21.4. The molecule has 1 aromatic heterocycles. The van der Waals surface area contributed by atoms with Crippen molar-refractivity contribution in [2.24, 2.45) is 0 Å². The molecule has 154 valence electrons. The maximum Gasteiger partial charge on any atom is 0.330 e. The molecule has 3 unspecified atom stereocenters. The molecule has 1 fully saturated rings. The van der Waals surface area contributed by atoms with Gasteiger partial charge >= 0.3 is 17.6 Å². The summed E-state index contributed by atoms with van der Waals surface area (Å²) in [6.07, 6.45) is 0.461. The van der Waals surface area contributed by atoms with E-state index in [4.69, 9.17) is 19.5 Å². The Balaban J connectivity index is 2.23. The largest absolute Gasteiger partial charge is 0.463 e. The highest BCUT2D eigenvalue weighted by Gasteiger charge is 2.39. The first-order valence-corrected chi connectivity index (χ1v) is 8.99. The Morgan fingerprint density at radius 2 is 2.07 bits per heavy atom. The summed E-state index contributed by atoms with van der Waals surface area (Å²) in [4.78, 5) is 48.8. The number of esters is 2. The van der Waals surface area contributed by atoms with Crippen molar-refractivity contribution in [3.05, 3.63) is 32.6 Å². The third kappa shape index (κ3) is 6.33. The van der Waals surface area contributed by atoms with Gasteiger partial charge in [0.25, 0.3) is 5.56 Å². The monoisotopic (exact) mass is 403 g/mol. The Kier molecular flexibility index (Phi) is 7.75. The minimum atomic E-state index is -0.844. The SMILES string of the molecule is CC(=O)OCC1OC(n2cc(C#CCCCC#N)c(=O)[nH]c2=O)CC1OC(C)=O. The topological polar surface area (TPSA) is 140 Å². The normalized spacial score (nSPS) is 20.2. The first-order chi connectivity index (χ1) is 13.8. The molecule has 0 bridgehead atoms. The molecule has 29 heavy (non-hydrogen) atoms. The van der Waals surface area contributed by atoms with Crippen LogP contribution in [-0.4, -0.2) is 40.3 Å². The van der Waals surface area contributed by atoms with Crippen LogP contribution < -0.4 is 11.2 Å². The summed E-state index contributed by atoms with van der Waals surface area (Å²) in [5, 5.41) is 8.52. The molecule has 0 spiro atoms.